The van der Waals surface area contributed by atoms with E-state index in [1.807, 2.05) is 83.1 Å². The highest BCUT2D eigenvalue weighted by atomic mass is 16.6. The largest absolute Gasteiger partial charge is 0.458 e. The van der Waals surface area contributed by atoms with Crippen molar-refractivity contribution in [2.45, 2.75) is 169 Å². The van der Waals surface area contributed by atoms with Crippen molar-refractivity contribution in [3.63, 3.8) is 0 Å². The fourth-order valence-corrected chi connectivity index (χ4v) is 6.83. The molecule has 3 fully saturated rings. The minimum absolute atomic E-state index is 0.0432. The normalized spacial score (nSPS) is 23.7. The third-order valence-electron chi connectivity index (χ3n) is 8.56. The van der Waals surface area contributed by atoms with Gasteiger partial charge in [0, 0.05) is 13.1 Å². The molecule has 0 aromatic rings. The van der Waals surface area contributed by atoms with Gasteiger partial charge in [-0.2, -0.15) is 0 Å². The van der Waals surface area contributed by atoms with Gasteiger partial charge in [0.25, 0.3) is 0 Å². The third-order valence-corrected chi connectivity index (χ3v) is 8.56. The molecule has 46 heavy (non-hydrogen) atoms. The maximum Gasteiger partial charge on any atom is 0.411 e. The molecular weight excluding hydrogens is 588 g/mol. The summed E-state index contributed by atoms with van der Waals surface area (Å²) in [5.74, 6) is -0.653. The highest BCUT2D eigenvalue weighted by Crippen LogP contribution is 2.49. The molecule has 1 unspecified atom stereocenters. The molecule has 4 rings (SSSR count). The van der Waals surface area contributed by atoms with Crippen molar-refractivity contribution < 1.29 is 38.1 Å². The summed E-state index contributed by atoms with van der Waals surface area (Å²) in [5.41, 5.74) is -2.25. The van der Waals surface area contributed by atoms with Gasteiger partial charge >= 0.3 is 24.1 Å². The summed E-state index contributed by atoms with van der Waals surface area (Å²) < 4.78 is 22.1. The molecule has 10 nitrogen and oxygen atoms in total. The first kappa shape index (κ1) is 37.7. The summed E-state index contributed by atoms with van der Waals surface area (Å²) >= 11 is 0. The molecule has 2 saturated heterocycles. The second-order valence-electron chi connectivity index (χ2n) is 17.8. The topological polar surface area (TPSA) is 112 Å². The van der Waals surface area contributed by atoms with E-state index in [4.69, 9.17) is 18.9 Å². The van der Waals surface area contributed by atoms with Crippen LogP contribution in [0.1, 0.15) is 134 Å². The highest BCUT2D eigenvalue weighted by Gasteiger charge is 2.52. The van der Waals surface area contributed by atoms with Crippen LogP contribution in [0.3, 0.4) is 0 Å². The van der Waals surface area contributed by atoms with Gasteiger partial charge in [0.2, 0.25) is 0 Å². The van der Waals surface area contributed by atoms with E-state index in [0.29, 0.717) is 25.9 Å². The zero-order valence-electron chi connectivity index (χ0n) is 30.5. The van der Waals surface area contributed by atoms with Gasteiger partial charge in [-0.1, -0.05) is 25.0 Å². The van der Waals surface area contributed by atoms with Crippen LogP contribution in [-0.4, -0.2) is 81.5 Å². The SMILES string of the molecule is CC(C)(C)OC(=O)C1CC2(CCCC2)CN1C(=O)OC(C)(C)C.CC(C)(C)OC(=O)[C@@H]1CC2(CC=CC2)CN1C(=O)OC(C)(C)C. The van der Waals surface area contributed by atoms with Crippen molar-refractivity contribution in [3.8, 4) is 0 Å². The number of ether oxygens (including phenoxy) is 4. The standard InChI is InChI=1S/C18H31NO4.C18H29NO4/c2*1-16(2,3)22-14(20)13-11-18(9-7-8-10-18)12-19(13)15(21)23-17(4,5)6/h13H,7-12H2,1-6H3;7-8,13H,9-12H2,1-6H3/t;13-/m.0/s1. The van der Waals surface area contributed by atoms with Gasteiger partial charge in [-0.15, -0.1) is 0 Å². The molecule has 4 aliphatic rings. The Kier molecular flexibility index (Phi) is 11.0. The second kappa shape index (κ2) is 13.4. The molecule has 1 saturated carbocycles. The van der Waals surface area contributed by atoms with Gasteiger partial charge in [0.15, 0.2) is 0 Å². The molecule has 0 aromatic carbocycles. The lowest BCUT2D eigenvalue weighted by atomic mass is 9.83. The van der Waals surface area contributed by atoms with E-state index in [2.05, 4.69) is 12.2 Å². The van der Waals surface area contributed by atoms with Gasteiger partial charge in [-0.05, 0) is 132 Å². The van der Waals surface area contributed by atoms with Crippen molar-refractivity contribution >= 4 is 24.1 Å². The number of carbonyl (C=O) groups excluding carboxylic acids is 4. The van der Waals surface area contributed by atoms with E-state index >= 15 is 0 Å². The molecule has 10 heteroatoms. The smallest absolute Gasteiger partial charge is 0.411 e. The summed E-state index contributed by atoms with van der Waals surface area (Å²) in [6.45, 7) is 23.2. The van der Waals surface area contributed by atoms with Gasteiger partial charge in [-0.25, -0.2) is 19.2 Å². The maximum atomic E-state index is 12.6. The fourth-order valence-electron chi connectivity index (χ4n) is 6.83. The van der Waals surface area contributed by atoms with Gasteiger partial charge < -0.3 is 18.9 Å². The fraction of sp³-hybridized carbons (Fsp3) is 0.833. The summed E-state index contributed by atoms with van der Waals surface area (Å²) in [5, 5.41) is 0. The van der Waals surface area contributed by atoms with Crippen LogP contribution in [-0.2, 0) is 28.5 Å². The summed E-state index contributed by atoms with van der Waals surface area (Å²) in [7, 11) is 0. The van der Waals surface area contributed by atoms with E-state index in [0.717, 1.165) is 25.7 Å². The van der Waals surface area contributed by atoms with Crippen molar-refractivity contribution in [3.05, 3.63) is 12.2 Å². The van der Waals surface area contributed by atoms with Crippen LogP contribution < -0.4 is 0 Å². The number of amides is 2. The Morgan fingerprint density at radius 1 is 0.543 bits per heavy atom. The summed E-state index contributed by atoms with van der Waals surface area (Å²) in [6.07, 6.45) is 11.0. The number of likely N-dealkylation sites (tertiary alicyclic amines) is 2. The third kappa shape index (κ3) is 10.6. The predicted molar refractivity (Wildman–Crippen MR) is 176 cm³/mol. The van der Waals surface area contributed by atoms with E-state index in [1.54, 1.807) is 9.80 Å². The Bertz CT molecular complexity index is 1000. The molecule has 2 amide bonds. The van der Waals surface area contributed by atoms with Gasteiger partial charge in [-0.3, -0.25) is 9.80 Å². The zero-order chi connectivity index (χ0) is 34.9. The minimum atomic E-state index is -0.584. The highest BCUT2D eigenvalue weighted by molar-refractivity contribution is 5.83. The molecule has 0 aromatic heterocycles. The minimum Gasteiger partial charge on any atom is -0.458 e. The Morgan fingerprint density at radius 3 is 1.22 bits per heavy atom. The lowest BCUT2D eigenvalue weighted by molar-refractivity contribution is -0.161. The first-order chi connectivity index (χ1) is 20.8. The van der Waals surface area contributed by atoms with Crippen LogP contribution in [0.4, 0.5) is 9.59 Å². The molecule has 0 radical (unpaired) electrons. The Morgan fingerprint density at radius 2 is 0.870 bits per heavy atom. The van der Waals surface area contributed by atoms with Crippen molar-refractivity contribution in [1.82, 2.24) is 9.80 Å². The number of hydrogen-bond acceptors (Lipinski definition) is 8. The molecule has 262 valence electrons. The molecule has 2 aliphatic heterocycles. The molecule has 2 atom stereocenters. The van der Waals surface area contributed by atoms with Crippen LogP contribution in [0.15, 0.2) is 12.2 Å². The van der Waals surface area contributed by atoms with E-state index in [1.165, 1.54) is 12.8 Å². The lowest BCUT2D eigenvalue weighted by Gasteiger charge is -2.29. The van der Waals surface area contributed by atoms with Crippen molar-refractivity contribution in [2.75, 3.05) is 13.1 Å². The van der Waals surface area contributed by atoms with E-state index in [9.17, 15) is 19.2 Å². The summed E-state index contributed by atoms with van der Waals surface area (Å²) in [6, 6.07) is -1.09. The summed E-state index contributed by atoms with van der Waals surface area (Å²) in [4.78, 5) is 53.5. The van der Waals surface area contributed by atoms with Crippen molar-refractivity contribution in [1.29, 1.82) is 0 Å². The van der Waals surface area contributed by atoms with Crippen LogP contribution in [0.2, 0.25) is 0 Å². The van der Waals surface area contributed by atoms with Gasteiger partial charge in [0.1, 0.15) is 34.5 Å². The van der Waals surface area contributed by atoms with Crippen molar-refractivity contribution in [2.24, 2.45) is 10.8 Å². The van der Waals surface area contributed by atoms with Gasteiger partial charge in [0.05, 0.1) is 0 Å². The monoisotopic (exact) mass is 648 g/mol. The number of esters is 2. The molecule has 0 N–H and O–H groups in total. The molecule has 2 aliphatic carbocycles. The maximum absolute atomic E-state index is 12.6. The number of nitrogens with zero attached hydrogens (tertiary/aromatic N) is 2. The first-order valence-electron chi connectivity index (χ1n) is 16.9. The van der Waals surface area contributed by atoms with Crippen LogP contribution in [0.25, 0.3) is 0 Å². The second-order valence-corrected chi connectivity index (χ2v) is 17.8. The van der Waals surface area contributed by atoms with Crippen LogP contribution in [0, 0.1) is 10.8 Å². The Hall–Kier alpha value is -2.78. The average molecular weight is 649 g/mol. The molecule has 0 bridgehead atoms. The number of allylic oxidation sites excluding steroid dienone is 2. The molecule has 2 heterocycles. The van der Waals surface area contributed by atoms with E-state index in [-0.39, 0.29) is 22.8 Å². The Balaban J connectivity index is 0.000000250. The van der Waals surface area contributed by atoms with Crippen LogP contribution in [0.5, 0.6) is 0 Å². The number of carbonyl (C=O) groups is 4. The van der Waals surface area contributed by atoms with E-state index < -0.39 is 46.7 Å². The number of hydrogen-bond donors (Lipinski definition) is 0. The molecule has 2 spiro atoms. The van der Waals surface area contributed by atoms with Crippen LogP contribution >= 0.6 is 0 Å². The average Bonchev–Trinajstić information content (AvgIpc) is 3.64. The lowest BCUT2D eigenvalue weighted by Crippen LogP contribution is -2.45. The predicted octanol–water partition coefficient (Wildman–Crippen LogP) is 7.57. The quantitative estimate of drug-likeness (QED) is 0.171. The number of rotatable bonds is 2. The first-order valence-corrected chi connectivity index (χ1v) is 16.9. The zero-order valence-corrected chi connectivity index (χ0v) is 30.5. The Labute approximate surface area is 276 Å². The molecular formula is C36H60N2O8.